The van der Waals surface area contributed by atoms with Crippen LogP contribution in [0.4, 0.5) is 0 Å². The average molecular weight is 465 g/mol. The molecule has 3 atom stereocenters. The van der Waals surface area contributed by atoms with Crippen LogP contribution in [0.2, 0.25) is 0 Å². The zero-order chi connectivity index (χ0) is 24.5. The van der Waals surface area contributed by atoms with Gasteiger partial charge >= 0.3 is 5.97 Å². The smallest absolute Gasteiger partial charge is 0.305 e. The zero-order valence-corrected chi connectivity index (χ0v) is 20.4. The largest absolute Gasteiger partial charge is 0.463 e. The second kappa shape index (κ2) is 17.3. The summed E-state index contributed by atoms with van der Waals surface area (Å²) in [6, 6.07) is -0.639. The number of amides is 2. The number of ether oxygens (including phenoxy) is 1. The molecule has 0 aromatic rings. The molecule has 0 saturated heterocycles. The standard InChI is InChI=1S/C26H44N2O5/c1-4-6-7-11-15-25(31)33-19-23(16-21-13-9-8-10-14-21)28-26(32)22(12-5-2)17-24(30)27-20(3)18-29/h4-5,20-23,29H,1-2,6-19H2,3H3,(H,27,30)(H,28,32). The van der Waals surface area contributed by atoms with Crippen molar-refractivity contribution in [2.75, 3.05) is 13.2 Å². The molecule has 7 nitrogen and oxygen atoms in total. The lowest BCUT2D eigenvalue weighted by atomic mass is 9.84. The third-order valence-electron chi connectivity index (χ3n) is 6.11. The van der Waals surface area contributed by atoms with Crippen LogP contribution in [0.1, 0.15) is 84.0 Å². The van der Waals surface area contributed by atoms with Crippen LogP contribution in [-0.4, -0.2) is 48.2 Å². The Kier molecular flexibility index (Phi) is 15.2. The van der Waals surface area contributed by atoms with Gasteiger partial charge in [-0.3, -0.25) is 14.4 Å². The molecule has 7 heteroatoms. The molecule has 0 radical (unpaired) electrons. The van der Waals surface area contributed by atoms with E-state index in [0.717, 1.165) is 38.5 Å². The molecule has 188 valence electrons. The van der Waals surface area contributed by atoms with Gasteiger partial charge in [-0.1, -0.05) is 44.3 Å². The van der Waals surface area contributed by atoms with Crippen molar-refractivity contribution < 1.29 is 24.2 Å². The predicted molar refractivity (Wildman–Crippen MR) is 130 cm³/mol. The first-order valence-electron chi connectivity index (χ1n) is 12.5. The van der Waals surface area contributed by atoms with E-state index in [2.05, 4.69) is 23.8 Å². The number of aliphatic hydroxyl groups excluding tert-OH is 1. The third kappa shape index (κ3) is 13.2. The number of aliphatic hydroxyl groups is 1. The first kappa shape index (κ1) is 28.9. The summed E-state index contributed by atoms with van der Waals surface area (Å²) in [5, 5.41) is 14.9. The van der Waals surface area contributed by atoms with Crippen molar-refractivity contribution in [1.29, 1.82) is 0 Å². The average Bonchev–Trinajstić information content (AvgIpc) is 2.80. The highest BCUT2D eigenvalue weighted by atomic mass is 16.5. The molecule has 3 N–H and O–H groups in total. The van der Waals surface area contributed by atoms with Gasteiger partial charge in [0.05, 0.1) is 18.6 Å². The molecule has 1 fully saturated rings. The van der Waals surface area contributed by atoms with Crippen LogP contribution < -0.4 is 10.6 Å². The zero-order valence-electron chi connectivity index (χ0n) is 20.4. The lowest BCUT2D eigenvalue weighted by Crippen LogP contribution is -2.45. The van der Waals surface area contributed by atoms with Crippen molar-refractivity contribution in [3.63, 3.8) is 0 Å². The van der Waals surface area contributed by atoms with Gasteiger partial charge in [0.15, 0.2) is 0 Å². The second-order valence-corrected chi connectivity index (χ2v) is 9.24. The Morgan fingerprint density at radius 2 is 1.82 bits per heavy atom. The van der Waals surface area contributed by atoms with Crippen LogP contribution in [0, 0.1) is 11.8 Å². The number of carbonyl (C=O) groups is 3. The number of unbranched alkanes of at least 4 members (excludes halogenated alkanes) is 2. The monoisotopic (exact) mass is 464 g/mol. The summed E-state index contributed by atoms with van der Waals surface area (Å²) in [6.07, 6.45) is 13.4. The molecular formula is C26H44N2O5. The van der Waals surface area contributed by atoms with Crippen molar-refractivity contribution in [2.45, 2.75) is 96.1 Å². The van der Waals surface area contributed by atoms with Gasteiger partial charge in [-0.25, -0.2) is 0 Å². The first-order chi connectivity index (χ1) is 15.9. The normalized spacial score (nSPS) is 16.8. The highest BCUT2D eigenvalue weighted by molar-refractivity contribution is 5.86. The van der Waals surface area contributed by atoms with Crippen molar-refractivity contribution in [3.8, 4) is 0 Å². The van der Waals surface area contributed by atoms with E-state index in [-0.39, 0.29) is 49.5 Å². The molecule has 0 bridgehead atoms. The van der Waals surface area contributed by atoms with E-state index in [4.69, 9.17) is 9.84 Å². The molecule has 0 heterocycles. The number of nitrogens with one attached hydrogen (secondary N) is 2. The quantitative estimate of drug-likeness (QED) is 0.172. The fourth-order valence-corrected chi connectivity index (χ4v) is 4.22. The SMILES string of the molecule is C=CCCCCC(=O)OCC(CC1CCCCC1)NC(=O)C(CC=C)CC(=O)NC(C)CO. The molecule has 1 rings (SSSR count). The van der Waals surface area contributed by atoms with Gasteiger partial charge in [0.1, 0.15) is 6.61 Å². The molecule has 1 aliphatic rings. The summed E-state index contributed by atoms with van der Waals surface area (Å²) in [5.74, 6) is -0.821. The minimum absolute atomic E-state index is 0.0153. The highest BCUT2D eigenvalue weighted by Gasteiger charge is 2.26. The summed E-state index contributed by atoms with van der Waals surface area (Å²) in [4.78, 5) is 37.4. The number of allylic oxidation sites excluding steroid dienone is 2. The molecule has 0 spiro atoms. The molecular weight excluding hydrogens is 420 g/mol. The lowest BCUT2D eigenvalue weighted by Gasteiger charge is -2.28. The number of hydrogen-bond donors (Lipinski definition) is 3. The summed E-state index contributed by atoms with van der Waals surface area (Å²) >= 11 is 0. The van der Waals surface area contributed by atoms with Gasteiger partial charge in [0, 0.05) is 18.9 Å². The van der Waals surface area contributed by atoms with Crippen molar-refractivity contribution in [2.24, 2.45) is 11.8 Å². The first-order valence-corrected chi connectivity index (χ1v) is 12.5. The Balaban J connectivity index is 2.69. The topological polar surface area (TPSA) is 105 Å². The second-order valence-electron chi connectivity index (χ2n) is 9.24. The molecule has 3 unspecified atom stereocenters. The van der Waals surface area contributed by atoms with Gasteiger partial charge in [-0.05, 0) is 44.9 Å². The molecule has 0 aliphatic heterocycles. The summed E-state index contributed by atoms with van der Waals surface area (Å²) in [6.45, 7) is 9.09. The number of hydrogen-bond acceptors (Lipinski definition) is 5. The van der Waals surface area contributed by atoms with E-state index < -0.39 is 5.92 Å². The van der Waals surface area contributed by atoms with Crippen molar-refractivity contribution in [1.82, 2.24) is 10.6 Å². The Labute approximate surface area is 199 Å². The molecule has 33 heavy (non-hydrogen) atoms. The van der Waals surface area contributed by atoms with Gasteiger partial charge in [0.25, 0.3) is 0 Å². The van der Waals surface area contributed by atoms with Crippen LogP contribution in [0.25, 0.3) is 0 Å². The lowest BCUT2D eigenvalue weighted by molar-refractivity contribution is -0.145. The van der Waals surface area contributed by atoms with Gasteiger partial charge in [-0.2, -0.15) is 0 Å². The van der Waals surface area contributed by atoms with Crippen LogP contribution in [0.15, 0.2) is 25.3 Å². The van der Waals surface area contributed by atoms with Gasteiger partial charge < -0.3 is 20.5 Å². The van der Waals surface area contributed by atoms with E-state index in [0.29, 0.717) is 18.8 Å². The molecule has 1 saturated carbocycles. The summed E-state index contributed by atoms with van der Waals surface area (Å²) in [7, 11) is 0. The van der Waals surface area contributed by atoms with E-state index in [1.807, 2.05) is 6.08 Å². The van der Waals surface area contributed by atoms with Crippen molar-refractivity contribution in [3.05, 3.63) is 25.3 Å². The predicted octanol–water partition coefficient (Wildman–Crippen LogP) is 3.81. The molecule has 1 aliphatic carbocycles. The minimum Gasteiger partial charge on any atom is -0.463 e. The third-order valence-corrected chi connectivity index (χ3v) is 6.11. The van der Waals surface area contributed by atoms with E-state index in [9.17, 15) is 14.4 Å². The number of rotatable bonds is 17. The Morgan fingerprint density at radius 3 is 2.45 bits per heavy atom. The van der Waals surface area contributed by atoms with Gasteiger partial charge in [0.2, 0.25) is 11.8 Å². The Hall–Kier alpha value is -2.15. The minimum atomic E-state index is -0.558. The molecule has 0 aromatic carbocycles. The summed E-state index contributed by atoms with van der Waals surface area (Å²) < 4.78 is 5.51. The maximum absolute atomic E-state index is 13.0. The van der Waals surface area contributed by atoms with Gasteiger partial charge in [-0.15, -0.1) is 13.2 Å². The number of carbonyl (C=O) groups excluding carboxylic acids is 3. The van der Waals surface area contributed by atoms with E-state index in [1.165, 1.54) is 19.3 Å². The number of esters is 1. The van der Waals surface area contributed by atoms with Crippen LogP contribution in [0.3, 0.4) is 0 Å². The van der Waals surface area contributed by atoms with E-state index >= 15 is 0 Å². The summed E-state index contributed by atoms with van der Waals surface area (Å²) in [5.41, 5.74) is 0. The fourth-order valence-electron chi connectivity index (χ4n) is 4.22. The Bertz CT molecular complexity index is 616. The Morgan fingerprint density at radius 1 is 1.09 bits per heavy atom. The molecule has 0 aromatic heterocycles. The fraction of sp³-hybridized carbons (Fsp3) is 0.731. The maximum atomic E-state index is 13.0. The van der Waals surface area contributed by atoms with Crippen LogP contribution in [0.5, 0.6) is 0 Å². The van der Waals surface area contributed by atoms with Crippen LogP contribution >= 0.6 is 0 Å². The maximum Gasteiger partial charge on any atom is 0.305 e. The van der Waals surface area contributed by atoms with Crippen molar-refractivity contribution >= 4 is 17.8 Å². The van der Waals surface area contributed by atoms with Crippen LogP contribution in [-0.2, 0) is 19.1 Å². The molecule has 2 amide bonds. The van der Waals surface area contributed by atoms with E-state index in [1.54, 1.807) is 13.0 Å². The highest BCUT2D eigenvalue weighted by Crippen LogP contribution is 2.27.